The highest BCUT2D eigenvalue weighted by atomic mass is 35.5. The van der Waals surface area contributed by atoms with Crippen molar-refractivity contribution in [1.29, 1.82) is 0 Å². The second-order valence-electron chi connectivity index (χ2n) is 5.43. The molecule has 0 unspecified atom stereocenters. The number of nitrogens with one attached hydrogen (secondary N) is 1. The van der Waals surface area contributed by atoms with Gasteiger partial charge in [0.1, 0.15) is 5.75 Å². The number of fused-ring (bicyclic) bond motifs is 1. The highest BCUT2D eigenvalue weighted by Crippen LogP contribution is 2.44. The number of halogens is 1. The summed E-state index contributed by atoms with van der Waals surface area (Å²) < 4.78 is 5.33. The Labute approximate surface area is 118 Å². The van der Waals surface area contributed by atoms with E-state index in [1.807, 2.05) is 12.1 Å². The minimum Gasteiger partial charge on any atom is -0.495 e. The van der Waals surface area contributed by atoms with Crippen molar-refractivity contribution in [3.8, 4) is 5.75 Å². The summed E-state index contributed by atoms with van der Waals surface area (Å²) >= 11 is 6.17. The van der Waals surface area contributed by atoms with E-state index in [4.69, 9.17) is 22.1 Å². The van der Waals surface area contributed by atoms with Gasteiger partial charge in [0.2, 0.25) is 0 Å². The Kier molecular flexibility index (Phi) is 3.19. The molecule has 3 rings (SSSR count). The molecule has 4 heteroatoms. The summed E-state index contributed by atoms with van der Waals surface area (Å²) in [4.78, 5) is 3.32. The van der Waals surface area contributed by atoms with Gasteiger partial charge in [-0.3, -0.25) is 0 Å². The van der Waals surface area contributed by atoms with E-state index in [0.717, 1.165) is 11.3 Å². The maximum Gasteiger partial charge on any atom is 0.138 e. The number of benzene rings is 1. The minimum atomic E-state index is 0.122. The molecule has 1 aromatic carbocycles. The molecule has 0 saturated heterocycles. The molecule has 0 aliphatic heterocycles. The normalized spacial score (nSPS) is 18.1. The van der Waals surface area contributed by atoms with E-state index in [-0.39, 0.29) is 5.41 Å². The third-order valence-corrected chi connectivity index (χ3v) is 4.77. The molecule has 1 aliphatic carbocycles. The number of methoxy groups -OCH3 is 1. The zero-order valence-corrected chi connectivity index (χ0v) is 11.9. The van der Waals surface area contributed by atoms with Crippen molar-refractivity contribution < 1.29 is 4.74 Å². The van der Waals surface area contributed by atoms with E-state index >= 15 is 0 Å². The van der Waals surface area contributed by atoms with Crippen molar-refractivity contribution in [2.75, 3.05) is 13.7 Å². The molecule has 2 aromatic rings. The first-order chi connectivity index (χ1) is 9.20. The van der Waals surface area contributed by atoms with Gasteiger partial charge in [-0.2, -0.15) is 0 Å². The van der Waals surface area contributed by atoms with Crippen LogP contribution in [-0.2, 0) is 5.41 Å². The van der Waals surface area contributed by atoms with E-state index in [2.05, 4.69) is 11.2 Å². The average molecular weight is 279 g/mol. The van der Waals surface area contributed by atoms with Crippen LogP contribution in [0.4, 0.5) is 0 Å². The monoisotopic (exact) mass is 278 g/mol. The smallest absolute Gasteiger partial charge is 0.138 e. The van der Waals surface area contributed by atoms with E-state index < -0.39 is 0 Å². The van der Waals surface area contributed by atoms with Crippen molar-refractivity contribution in [2.45, 2.75) is 31.1 Å². The molecular weight excluding hydrogens is 260 g/mol. The summed E-state index contributed by atoms with van der Waals surface area (Å²) in [5.74, 6) is 0.722. The molecule has 1 aliphatic rings. The van der Waals surface area contributed by atoms with Crippen LogP contribution in [0.5, 0.6) is 5.75 Å². The fraction of sp³-hybridized carbons (Fsp3) is 0.467. The van der Waals surface area contributed by atoms with Crippen molar-refractivity contribution in [3.63, 3.8) is 0 Å². The average Bonchev–Trinajstić information content (AvgIpc) is 3.04. The number of nitrogens with two attached hydrogens (primary N) is 1. The molecule has 1 fully saturated rings. The standard InChI is InChI=1S/C15H19ClN2O/c1-19-14-6-10-11(8-18-13(10)7-12(14)16)15(9-17)4-2-3-5-15/h6-8,18H,2-5,9,17H2,1H3. The Morgan fingerprint density at radius 3 is 2.74 bits per heavy atom. The van der Waals surface area contributed by atoms with Gasteiger partial charge in [0, 0.05) is 29.1 Å². The van der Waals surface area contributed by atoms with Gasteiger partial charge in [-0.25, -0.2) is 0 Å². The number of ether oxygens (including phenoxy) is 1. The molecule has 1 saturated carbocycles. The lowest BCUT2D eigenvalue weighted by Gasteiger charge is -2.27. The maximum absolute atomic E-state index is 6.17. The molecule has 1 heterocycles. The first-order valence-corrected chi connectivity index (χ1v) is 7.13. The summed E-state index contributed by atoms with van der Waals surface area (Å²) in [6.45, 7) is 0.699. The molecular formula is C15H19ClN2O. The van der Waals surface area contributed by atoms with Gasteiger partial charge in [0.15, 0.2) is 0 Å². The quantitative estimate of drug-likeness (QED) is 0.901. The van der Waals surface area contributed by atoms with Crippen molar-refractivity contribution in [1.82, 2.24) is 4.98 Å². The van der Waals surface area contributed by atoms with Crippen LogP contribution >= 0.6 is 11.6 Å². The predicted molar refractivity (Wildman–Crippen MR) is 79.1 cm³/mol. The van der Waals surface area contributed by atoms with Crippen LogP contribution in [0, 0.1) is 0 Å². The molecule has 0 spiro atoms. The molecule has 102 valence electrons. The second-order valence-corrected chi connectivity index (χ2v) is 5.83. The topological polar surface area (TPSA) is 51.0 Å². The van der Waals surface area contributed by atoms with Crippen LogP contribution in [0.1, 0.15) is 31.2 Å². The van der Waals surface area contributed by atoms with Crippen LogP contribution in [0.25, 0.3) is 10.9 Å². The Bertz CT molecular complexity index is 599. The van der Waals surface area contributed by atoms with Crippen LogP contribution in [0.3, 0.4) is 0 Å². The molecule has 0 radical (unpaired) electrons. The molecule has 0 bridgehead atoms. The van der Waals surface area contributed by atoms with Crippen LogP contribution in [0.15, 0.2) is 18.3 Å². The number of aromatic amines is 1. The fourth-order valence-corrected chi connectivity index (χ4v) is 3.59. The van der Waals surface area contributed by atoms with Crippen LogP contribution in [0.2, 0.25) is 5.02 Å². The largest absolute Gasteiger partial charge is 0.495 e. The van der Waals surface area contributed by atoms with E-state index in [9.17, 15) is 0 Å². The zero-order chi connectivity index (χ0) is 13.5. The van der Waals surface area contributed by atoms with E-state index in [1.54, 1.807) is 7.11 Å². The summed E-state index contributed by atoms with van der Waals surface area (Å²) in [6, 6.07) is 3.96. The van der Waals surface area contributed by atoms with Gasteiger partial charge < -0.3 is 15.5 Å². The molecule has 0 amide bonds. The lowest BCUT2D eigenvalue weighted by Crippen LogP contribution is -2.31. The van der Waals surface area contributed by atoms with Gasteiger partial charge in [-0.1, -0.05) is 24.4 Å². The summed E-state index contributed by atoms with van der Waals surface area (Å²) in [7, 11) is 1.65. The molecule has 3 nitrogen and oxygen atoms in total. The Balaban J connectivity index is 2.19. The fourth-order valence-electron chi connectivity index (χ4n) is 3.35. The third kappa shape index (κ3) is 1.92. The Morgan fingerprint density at radius 1 is 1.37 bits per heavy atom. The first-order valence-electron chi connectivity index (χ1n) is 6.75. The van der Waals surface area contributed by atoms with Crippen molar-refractivity contribution >= 4 is 22.5 Å². The SMILES string of the molecule is COc1cc2c(C3(CN)CCCC3)c[nH]c2cc1Cl. The third-order valence-electron chi connectivity index (χ3n) is 4.48. The Hall–Kier alpha value is -1.19. The van der Waals surface area contributed by atoms with Gasteiger partial charge in [0.25, 0.3) is 0 Å². The number of rotatable bonds is 3. The molecule has 1 aromatic heterocycles. The van der Waals surface area contributed by atoms with Crippen LogP contribution < -0.4 is 10.5 Å². The number of H-pyrrole nitrogens is 1. The first kappa shape index (κ1) is 12.8. The van der Waals surface area contributed by atoms with Gasteiger partial charge in [0.05, 0.1) is 12.1 Å². The minimum absolute atomic E-state index is 0.122. The number of hydrogen-bond acceptors (Lipinski definition) is 2. The highest BCUT2D eigenvalue weighted by molar-refractivity contribution is 6.32. The zero-order valence-electron chi connectivity index (χ0n) is 11.1. The summed E-state index contributed by atoms with van der Waals surface area (Å²) in [5.41, 5.74) is 8.58. The van der Waals surface area contributed by atoms with Gasteiger partial charge in [-0.15, -0.1) is 0 Å². The lowest BCUT2D eigenvalue weighted by atomic mass is 9.79. The van der Waals surface area contributed by atoms with E-state index in [0.29, 0.717) is 11.6 Å². The highest BCUT2D eigenvalue weighted by Gasteiger charge is 2.36. The van der Waals surface area contributed by atoms with Gasteiger partial charge >= 0.3 is 0 Å². The predicted octanol–water partition coefficient (Wildman–Crippen LogP) is 3.60. The number of aromatic nitrogens is 1. The summed E-state index contributed by atoms with van der Waals surface area (Å²) in [5, 5.41) is 1.82. The van der Waals surface area contributed by atoms with Crippen molar-refractivity contribution in [3.05, 3.63) is 28.9 Å². The lowest BCUT2D eigenvalue weighted by molar-refractivity contribution is 0.415. The van der Waals surface area contributed by atoms with E-state index in [1.165, 1.54) is 36.6 Å². The second kappa shape index (κ2) is 4.73. The molecule has 19 heavy (non-hydrogen) atoms. The van der Waals surface area contributed by atoms with Crippen molar-refractivity contribution in [2.24, 2.45) is 5.73 Å². The van der Waals surface area contributed by atoms with Crippen LogP contribution in [-0.4, -0.2) is 18.6 Å². The molecule has 0 atom stereocenters. The van der Waals surface area contributed by atoms with Gasteiger partial charge in [-0.05, 0) is 30.5 Å². The molecule has 3 N–H and O–H groups in total. The Morgan fingerprint density at radius 2 is 2.11 bits per heavy atom. The number of hydrogen-bond donors (Lipinski definition) is 2. The summed E-state index contributed by atoms with van der Waals surface area (Å²) in [6.07, 6.45) is 6.95. The maximum atomic E-state index is 6.17.